The number of rotatable bonds is 3. The fourth-order valence-corrected chi connectivity index (χ4v) is 3.99. The van der Waals surface area contributed by atoms with Crippen molar-refractivity contribution in [3.63, 3.8) is 0 Å². The summed E-state index contributed by atoms with van der Waals surface area (Å²) in [5.74, 6) is 1.66. The third kappa shape index (κ3) is 3.39. The number of anilines is 2. The molecule has 0 bridgehead atoms. The minimum absolute atomic E-state index is 0.268. The molecule has 1 aromatic carbocycles. The largest absolute Gasteiger partial charge is 0.481 e. The Morgan fingerprint density at radius 3 is 2.60 bits per heavy atom. The first kappa shape index (κ1) is 16.1. The zero-order valence-corrected chi connectivity index (χ0v) is 14.7. The molecular formula is C19H25N5O. The van der Waals surface area contributed by atoms with E-state index in [4.69, 9.17) is 10.5 Å². The molecule has 0 aliphatic carbocycles. The summed E-state index contributed by atoms with van der Waals surface area (Å²) in [6.07, 6.45) is 3.46. The van der Waals surface area contributed by atoms with Crippen LogP contribution in [0.2, 0.25) is 0 Å². The van der Waals surface area contributed by atoms with Crippen LogP contribution in [0.4, 0.5) is 11.8 Å². The number of hydrogen-bond donors (Lipinski definition) is 1. The molecule has 0 saturated carbocycles. The Morgan fingerprint density at radius 1 is 1.08 bits per heavy atom. The van der Waals surface area contributed by atoms with Crippen molar-refractivity contribution in [1.29, 1.82) is 0 Å². The molecule has 0 unspecified atom stereocenters. The Kier molecular flexibility index (Phi) is 4.44. The van der Waals surface area contributed by atoms with Gasteiger partial charge in [-0.1, -0.05) is 24.3 Å². The number of nitrogens with zero attached hydrogens (tertiary/aromatic N) is 4. The topological polar surface area (TPSA) is 67.5 Å². The quantitative estimate of drug-likeness (QED) is 0.924. The molecule has 3 heterocycles. The van der Waals surface area contributed by atoms with E-state index in [1.807, 2.05) is 6.07 Å². The maximum atomic E-state index is 5.79. The van der Waals surface area contributed by atoms with Crippen LogP contribution in [0.3, 0.4) is 0 Å². The highest BCUT2D eigenvalue weighted by atomic mass is 16.5. The summed E-state index contributed by atoms with van der Waals surface area (Å²) in [5, 5.41) is 0. The van der Waals surface area contributed by atoms with Crippen molar-refractivity contribution in [1.82, 2.24) is 14.9 Å². The van der Waals surface area contributed by atoms with Crippen LogP contribution in [0.1, 0.15) is 24.0 Å². The molecule has 6 heteroatoms. The monoisotopic (exact) mass is 339 g/mol. The molecule has 2 aliphatic heterocycles. The van der Waals surface area contributed by atoms with Gasteiger partial charge in [0.25, 0.3) is 0 Å². The standard InChI is InChI=1S/C19H25N5O/c1-25-18-12-17(21-19(20)22-18)23-10-7-16(8-11-23)24-9-6-14-4-2-3-5-15(14)13-24/h2-5,12,16H,6-11,13H2,1H3,(H2,20,21,22). The van der Waals surface area contributed by atoms with Gasteiger partial charge in [0.2, 0.25) is 11.8 Å². The number of nitrogens with two attached hydrogens (primary N) is 1. The molecule has 1 aromatic heterocycles. The van der Waals surface area contributed by atoms with Crippen LogP contribution in [-0.4, -0.2) is 47.7 Å². The van der Waals surface area contributed by atoms with E-state index in [0.717, 1.165) is 51.3 Å². The highest BCUT2D eigenvalue weighted by molar-refractivity contribution is 5.46. The summed E-state index contributed by atoms with van der Waals surface area (Å²) in [4.78, 5) is 13.4. The summed E-state index contributed by atoms with van der Waals surface area (Å²) in [6.45, 7) is 4.22. The van der Waals surface area contributed by atoms with Gasteiger partial charge in [-0.2, -0.15) is 9.97 Å². The molecule has 25 heavy (non-hydrogen) atoms. The van der Waals surface area contributed by atoms with Crippen molar-refractivity contribution >= 4 is 11.8 Å². The number of methoxy groups -OCH3 is 1. The van der Waals surface area contributed by atoms with Crippen molar-refractivity contribution in [2.24, 2.45) is 0 Å². The second-order valence-electron chi connectivity index (χ2n) is 6.83. The first-order valence-corrected chi connectivity index (χ1v) is 8.97. The number of fused-ring (bicyclic) bond motifs is 1. The Labute approximate surface area is 148 Å². The van der Waals surface area contributed by atoms with Gasteiger partial charge in [0.15, 0.2) is 0 Å². The van der Waals surface area contributed by atoms with Crippen LogP contribution in [0.5, 0.6) is 5.88 Å². The third-order valence-electron chi connectivity index (χ3n) is 5.38. The van der Waals surface area contributed by atoms with Crippen LogP contribution >= 0.6 is 0 Å². The van der Waals surface area contributed by atoms with E-state index in [-0.39, 0.29) is 5.95 Å². The van der Waals surface area contributed by atoms with Crippen molar-refractivity contribution in [3.05, 3.63) is 41.5 Å². The molecule has 2 N–H and O–H groups in total. The van der Waals surface area contributed by atoms with Crippen molar-refractivity contribution in [3.8, 4) is 5.88 Å². The van der Waals surface area contributed by atoms with Gasteiger partial charge >= 0.3 is 0 Å². The van der Waals surface area contributed by atoms with E-state index in [1.165, 1.54) is 11.1 Å². The second kappa shape index (κ2) is 6.88. The molecule has 6 nitrogen and oxygen atoms in total. The first-order valence-electron chi connectivity index (χ1n) is 8.97. The number of benzene rings is 1. The van der Waals surface area contributed by atoms with E-state index in [1.54, 1.807) is 7.11 Å². The Balaban J connectivity index is 1.40. The fourth-order valence-electron chi connectivity index (χ4n) is 3.99. The molecule has 0 radical (unpaired) electrons. The molecule has 0 spiro atoms. The summed E-state index contributed by atoms with van der Waals surface area (Å²) >= 11 is 0. The zero-order valence-electron chi connectivity index (χ0n) is 14.7. The van der Waals surface area contributed by atoms with E-state index in [9.17, 15) is 0 Å². The van der Waals surface area contributed by atoms with Crippen molar-refractivity contribution in [2.75, 3.05) is 37.4 Å². The minimum atomic E-state index is 0.268. The maximum Gasteiger partial charge on any atom is 0.225 e. The predicted octanol–water partition coefficient (Wildman–Crippen LogP) is 2.09. The molecule has 2 aromatic rings. The summed E-state index contributed by atoms with van der Waals surface area (Å²) in [5.41, 5.74) is 8.80. The van der Waals surface area contributed by atoms with Crippen LogP contribution in [0.25, 0.3) is 0 Å². The number of nitrogen functional groups attached to an aromatic ring is 1. The SMILES string of the molecule is COc1cc(N2CCC(N3CCc4ccccc4C3)CC2)nc(N)n1. The van der Waals surface area contributed by atoms with Crippen LogP contribution < -0.4 is 15.4 Å². The fraction of sp³-hybridized carbons (Fsp3) is 0.474. The average molecular weight is 339 g/mol. The molecule has 1 saturated heterocycles. The average Bonchev–Trinajstić information content (AvgIpc) is 2.67. The number of hydrogen-bond acceptors (Lipinski definition) is 6. The smallest absolute Gasteiger partial charge is 0.225 e. The Hall–Kier alpha value is -2.34. The second-order valence-corrected chi connectivity index (χ2v) is 6.83. The lowest BCUT2D eigenvalue weighted by molar-refractivity contribution is 0.153. The maximum absolute atomic E-state index is 5.79. The van der Waals surface area contributed by atoms with Gasteiger partial charge in [0.05, 0.1) is 7.11 Å². The van der Waals surface area contributed by atoms with Crippen molar-refractivity contribution in [2.45, 2.75) is 31.8 Å². The van der Waals surface area contributed by atoms with Crippen LogP contribution in [-0.2, 0) is 13.0 Å². The summed E-state index contributed by atoms with van der Waals surface area (Å²) < 4.78 is 5.21. The van der Waals surface area contributed by atoms with Gasteiger partial charge < -0.3 is 15.4 Å². The summed E-state index contributed by atoms with van der Waals surface area (Å²) in [7, 11) is 1.60. The lowest BCUT2D eigenvalue weighted by Crippen LogP contribution is -2.46. The van der Waals surface area contributed by atoms with Gasteiger partial charge in [-0.05, 0) is 30.4 Å². The Bertz CT molecular complexity index is 742. The Morgan fingerprint density at radius 2 is 1.84 bits per heavy atom. The number of piperidine rings is 1. The van der Waals surface area contributed by atoms with Gasteiger partial charge in [0.1, 0.15) is 5.82 Å². The van der Waals surface area contributed by atoms with Gasteiger partial charge in [0, 0.05) is 38.3 Å². The van der Waals surface area contributed by atoms with E-state index < -0.39 is 0 Å². The van der Waals surface area contributed by atoms with E-state index in [2.05, 4.69) is 44.0 Å². The predicted molar refractivity (Wildman–Crippen MR) is 98.8 cm³/mol. The molecule has 0 amide bonds. The molecule has 4 rings (SSSR count). The zero-order chi connectivity index (χ0) is 17.2. The normalized spacial score (nSPS) is 18.8. The lowest BCUT2D eigenvalue weighted by Gasteiger charge is -2.41. The molecule has 1 fully saturated rings. The van der Waals surface area contributed by atoms with Crippen molar-refractivity contribution < 1.29 is 4.74 Å². The molecule has 2 aliphatic rings. The van der Waals surface area contributed by atoms with E-state index >= 15 is 0 Å². The molecular weight excluding hydrogens is 314 g/mol. The first-order chi connectivity index (χ1) is 12.2. The summed E-state index contributed by atoms with van der Waals surface area (Å²) in [6, 6.07) is 11.3. The highest BCUT2D eigenvalue weighted by Gasteiger charge is 2.28. The van der Waals surface area contributed by atoms with Gasteiger partial charge in [-0.25, -0.2) is 0 Å². The van der Waals surface area contributed by atoms with Crippen LogP contribution in [0, 0.1) is 0 Å². The molecule has 132 valence electrons. The van der Waals surface area contributed by atoms with Gasteiger partial charge in [-0.3, -0.25) is 4.90 Å². The third-order valence-corrected chi connectivity index (χ3v) is 5.38. The molecule has 0 atom stereocenters. The number of ether oxygens (including phenoxy) is 1. The number of aromatic nitrogens is 2. The van der Waals surface area contributed by atoms with Gasteiger partial charge in [-0.15, -0.1) is 0 Å². The van der Waals surface area contributed by atoms with E-state index in [0.29, 0.717) is 11.9 Å². The lowest BCUT2D eigenvalue weighted by atomic mass is 9.95. The minimum Gasteiger partial charge on any atom is -0.481 e. The van der Waals surface area contributed by atoms with Crippen LogP contribution in [0.15, 0.2) is 30.3 Å². The highest BCUT2D eigenvalue weighted by Crippen LogP contribution is 2.27.